The number of thiazole rings is 1. The molecule has 0 aliphatic carbocycles. The number of amides is 1. The van der Waals surface area contributed by atoms with Gasteiger partial charge in [-0.3, -0.25) is 9.36 Å². The molecule has 0 saturated carbocycles. The highest BCUT2D eigenvalue weighted by molar-refractivity contribution is 7.99. The predicted molar refractivity (Wildman–Crippen MR) is 152 cm³/mol. The minimum Gasteiger partial charge on any atom is -0.301 e. The standard InChI is InChI=1S/C27H21Cl2N5OS2/c1-17-6-5-9-22(10-17)34-25(19-7-3-2-4-8-19)32-33-27(34)36-16-24(35)31-26-30-15-23(37-26)13-18-11-20(28)14-21(29)12-18/h2-12,14-15H,13,16H2,1H3,(H,30,31,35). The molecule has 1 N–H and O–H groups in total. The van der Waals surface area contributed by atoms with Gasteiger partial charge >= 0.3 is 0 Å². The van der Waals surface area contributed by atoms with Gasteiger partial charge in [0.2, 0.25) is 5.91 Å². The summed E-state index contributed by atoms with van der Waals surface area (Å²) >= 11 is 15.0. The normalized spacial score (nSPS) is 11.0. The van der Waals surface area contributed by atoms with Gasteiger partial charge < -0.3 is 5.32 Å². The van der Waals surface area contributed by atoms with Crippen LogP contribution in [0.2, 0.25) is 10.0 Å². The molecule has 2 aromatic heterocycles. The van der Waals surface area contributed by atoms with Crippen LogP contribution in [0.5, 0.6) is 0 Å². The van der Waals surface area contributed by atoms with Crippen molar-refractivity contribution in [2.24, 2.45) is 0 Å². The zero-order chi connectivity index (χ0) is 25.8. The summed E-state index contributed by atoms with van der Waals surface area (Å²) < 4.78 is 1.98. The fourth-order valence-corrected chi connectivity index (χ4v) is 5.97. The smallest absolute Gasteiger partial charge is 0.236 e. The highest BCUT2D eigenvalue weighted by atomic mass is 35.5. The van der Waals surface area contributed by atoms with E-state index >= 15 is 0 Å². The Morgan fingerprint density at radius 1 is 1.00 bits per heavy atom. The SMILES string of the molecule is Cc1cccc(-n2c(SCC(=O)Nc3ncc(Cc4cc(Cl)cc(Cl)c4)s3)nnc2-c2ccccc2)c1. The Hall–Kier alpha value is -3.17. The number of hydrogen-bond acceptors (Lipinski definition) is 6. The van der Waals surface area contributed by atoms with Crippen molar-refractivity contribution in [2.75, 3.05) is 11.1 Å². The average molecular weight is 567 g/mol. The lowest BCUT2D eigenvalue weighted by atomic mass is 10.1. The number of halogens is 2. The number of thioether (sulfide) groups is 1. The topological polar surface area (TPSA) is 72.7 Å². The first-order valence-electron chi connectivity index (χ1n) is 11.3. The summed E-state index contributed by atoms with van der Waals surface area (Å²) in [6.45, 7) is 2.04. The Balaban J connectivity index is 1.29. The van der Waals surface area contributed by atoms with Crippen molar-refractivity contribution in [3.63, 3.8) is 0 Å². The molecule has 186 valence electrons. The average Bonchev–Trinajstić information content (AvgIpc) is 3.49. The number of hydrogen-bond donors (Lipinski definition) is 1. The van der Waals surface area contributed by atoms with Gasteiger partial charge in [0.05, 0.1) is 5.75 Å². The molecule has 0 spiro atoms. The van der Waals surface area contributed by atoms with E-state index in [0.29, 0.717) is 26.8 Å². The Bertz CT molecular complexity index is 1530. The molecule has 1 amide bonds. The van der Waals surface area contributed by atoms with Gasteiger partial charge in [0, 0.05) is 38.8 Å². The molecule has 0 unspecified atom stereocenters. The number of nitrogens with zero attached hydrogens (tertiary/aromatic N) is 4. The number of anilines is 1. The van der Waals surface area contributed by atoms with Crippen molar-refractivity contribution in [1.82, 2.24) is 19.7 Å². The molecule has 0 bridgehead atoms. The van der Waals surface area contributed by atoms with Crippen molar-refractivity contribution < 1.29 is 4.79 Å². The van der Waals surface area contributed by atoms with Crippen LogP contribution in [0.1, 0.15) is 16.0 Å². The third-order valence-corrected chi connectivity index (χ3v) is 7.64. The van der Waals surface area contributed by atoms with Crippen LogP contribution in [-0.2, 0) is 11.2 Å². The Kier molecular flexibility index (Phi) is 7.90. The van der Waals surface area contributed by atoms with Gasteiger partial charge in [0.15, 0.2) is 16.1 Å². The molecule has 0 aliphatic rings. The Morgan fingerprint density at radius 3 is 2.54 bits per heavy atom. The second kappa shape index (κ2) is 11.5. The number of benzene rings is 3. The van der Waals surface area contributed by atoms with Crippen molar-refractivity contribution in [1.29, 1.82) is 0 Å². The lowest BCUT2D eigenvalue weighted by Crippen LogP contribution is -2.14. The molecule has 0 fully saturated rings. The van der Waals surface area contributed by atoms with E-state index < -0.39 is 0 Å². The molecule has 5 aromatic rings. The second-order valence-electron chi connectivity index (χ2n) is 8.27. The maximum atomic E-state index is 12.8. The van der Waals surface area contributed by atoms with Crippen LogP contribution in [0.25, 0.3) is 17.1 Å². The van der Waals surface area contributed by atoms with Gasteiger partial charge in [-0.25, -0.2) is 4.98 Å². The van der Waals surface area contributed by atoms with Crippen LogP contribution in [0.4, 0.5) is 5.13 Å². The number of nitrogens with one attached hydrogen (secondary N) is 1. The molecule has 5 rings (SSSR count). The summed E-state index contributed by atoms with van der Waals surface area (Å²) in [5.74, 6) is 0.717. The maximum absolute atomic E-state index is 12.8. The number of aryl methyl sites for hydroxylation is 1. The fraction of sp³-hybridized carbons (Fsp3) is 0.111. The fourth-order valence-electron chi connectivity index (χ4n) is 3.78. The molecular weight excluding hydrogens is 545 g/mol. The van der Waals surface area contributed by atoms with E-state index in [1.165, 1.54) is 23.1 Å². The van der Waals surface area contributed by atoms with E-state index in [4.69, 9.17) is 23.2 Å². The number of rotatable bonds is 8. The monoisotopic (exact) mass is 565 g/mol. The molecule has 0 radical (unpaired) electrons. The lowest BCUT2D eigenvalue weighted by molar-refractivity contribution is -0.113. The van der Waals surface area contributed by atoms with Gasteiger partial charge in [-0.05, 0) is 48.4 Å². The maximum Gasteiger partial charge on any atom is 0.236 e. The summed E-state index contributed by atoms with van der Waals surface area (Å²) in [6.07, 6.45) is 2.38. The predicted octanol–water partition coefficient (Wildman–Crippen LogP) is 7.33. The van der Waals surface area contributed by atoms with Gasteiger partial charge in [0.1, 0.15) is 0 Å². The minimum atomic E-state index is -0.170. The quantitative estimate of drug-likeness (QED) is 0.199. The number of carbonyl (C=O) groups is 1. The van der Waals surface area contributed by atoms with Crippen molar-refractivity contribution in [3.8, 4) is 17.1 Å². The number of aromatic nitrogens is 4. The minimum absolute atomic E-state index is 0.164. The van der Waals surface area contributed by atoms with E-state index in [-0.39, 0.29) is 11.7 Å². The third kappa shape index (κ3) is 6.40. The van der Waals surface area contributed by atoms with E-state index in [1.54, 1.807) is 12.3 Å². The van der Waals surface area contributed by atoms with Crippen LogP contribution < -0.4 is 5.32 Å². The Morgan fingerprint density at radius 2 is 1.78 bits per heavy atom. The molecule has 3 aromatic carbocycles. The summed E-state index contributed by atoms with van der Waals surface area (Å²) in [5, 5.41) is 14.1. The highest BCUT2D eigenvalue weighted by Gasteiger charge is 2.18. The molecule has 0 atom stereocenters. The van der Waals surface area contributed by atoms with Crippen molar-refractivity contribution >= 4 is 57.3 Å². The molecule has 6 nitrogen and oxygen atoms in total. The third-order valence-electron chi connectivity index (χ3n) is 5.36. The van der Waals surface area contributed by atoms with Crippen LogP contribution in [0, 0.1) is 6.92 Å². The first kappa shape index (κ1) is 25.5. The zero-order valence-corrected chi connectivity index (χ0v) is 22.8. The van der Waals surface area contributed by atoms with E-state index in [0.717, 1.165) is 33.1 Å². The largest absolute Gasteiger partial charge is 0.301 e. The highest BCUT2D eigenvalue weighted by Crippen LogP contribution is 2.29. The summed E-state index contributed by atoms with van der Waals surface area (Å²) in [7, 11) is 0. The van der Waals surface area contributed by atoms with Gasteiger partial charge in [-0.15, -0.1) is 21.5 Å². The summed E-state index contributed by atoms with van der Waals surface area (Å²) in [4.78, 5) is 18.1. The van der Waals surface area contributed by atoms with E-state index in [9.17, 15) is 4.79 Å². The van der Waals surface area contributed by atoms with Crippen LogP contribution >= 0.6 is 46.3 Å². The molecule has 10 heteroatoms. The van der Waals surface area contributed by atoms with E-state index in [2.05, 4.69) is 26.6 Å². The Labute approximate surface area is 232 Å². The summed E-state index contributed by atoms with van der Waals surface area (Å²) in [5.41, 5.74) is 4.00. The van der Waals surface area contributed by atoms with E-state index in [1.807, 2.05) is 72.2 Å². The van der Waals surface area contributed by atoms with Gasteiger partial charge in [-0.2, -0.15) is 0 Å². The molecule has 37 heavy (non-hydrogen) atoms. The molecule has 2 heterocycles. The van der Waals surface area contributed by atoms with Crippen molar-refractivity contribution in [3.05, 3.63) is 105 Å². The first-order valence-corrected chi connectivity index (χ1v) is 13.9. The van der Waals surface area contributed by atoms with Crippen LogP contribution in [0.3, 0.4) is 0 Å². The van der Waals surface area contributed by atoms with Crippen LogP contribution in [0.15, 0.2) is 84.1 Å². The van der Waals surface area contributed by atoms with Crippen LogP contribution in [-0.4, -0.2) is 31.4 Å². The molecule has 0 saturated heterocycles. The summed E-state index contributed by atoms with van der Waals surface area (Å²) in [6, 6.07) is 23.5. The van der Waals surface area contributed by atoms with Crippen molar-refractivity contribution in [2.45, 2.75) is 18.5 Å². The molecule has 0 aliphatic heterocycles. The lowest BCUT2D eigenvalue weighted by Gasteiger charge is -2.11. The molecular formula is C27H21Cl2N5OS2. The first-order chi connectivity index (χ1) is 17.9. The number of carbonyl (C=O) groups excluding carboxylic acids is 1. The second-order valence-corrected chi connectivity index (χ2v) is 11.2. The van der Waals surface area contributed by atoms with Gasteiger partial charge in [-0.1, -0.05) is 77.4 Å². The zero-order valence-electron chi connectivity index (χ0n) is 19.7. The van der Waals surface area contributed by atoms with Gasteiger partial charge in [0.25, 0.3) is 0 Å².